The summed E-state index contributed by atoms with van der Waals surface area (Å²) in [4.78, 5) is 24.8. The molecule has 0 amide bonds. The monoisotopic (exact) mass is 286 g/mol. The maximum Gasteiger partial charge on any atom is 0.354 e. The summed E-state index contributed by atoms with van der Waals surface area (Å²) in [5, 5.41) is 26.2. The molecule has 0 spiro atoms. The molecule has 0 saturated heterocycles. The Kier molecular flexibility index (Phi) is 2.72. The van der Waals surface area contributed by atoms with Gasteiger partial charge < -0.3 is 10.2 Å². The number of nitrogens with two attached hydrogens (primary N) is 1. The van der Waals surface area contributed by atoms with Crippen molar-refractivity contribution in [1.29, 1.82) is 0 Å². The molecule has 0 unspecified atom stereocenters. The number of aromatic carboxylic acids is 2. The molecule has 0 radical (unpaired) electrons. The van der Waals surface area contributed by atoms with Crippen molar-refractivity contribution in [3.8, 4) is 0 Å². The fraction of sp³-hybridized carbons (Fsp3) is 0. The Morgan fingerprint density at radius 2 is 1.89 bits per heavy atom. The van der Waals surface area contributed by atoms with Crippen LogP contribution in [0.2, 0.25) is 0 Å². The molecule has 0 saturated carbocycles. The van der Waals surface area contributed by atoms with Crippen LogP contribution in [0.15, 0.2) is 17.2 Å². The zero-order valence-electron chi connectivity index (χ0n) is 9.01. The van der Waals surface area contributed by atoms with E-state index in [9.17, 15) is 18.0 Å². The van der Waals surface area contributed by atoms with Crippen LogP contribution in [-0.4, -0.2) is 45.2 Å². The summed E-state index contributed by atoms with van der Waals surface area (Å²) >= 11 is 0. The van der Waals surface area contributed by atoms with Crippen molar-refractivity contribution in [2.75, 3.05) is 0 Å². The van der Waals surface area contributed by atoms with Gasteiger partial charge >= 0.3 is 11.9 Å². The van der Waals surface area contributed by atoms with Crippen LogP contribution in [-0.2, 0) is 10.0 Å². The zero-order chi connectivity index (χ0) is 14.4. The van der Waals surface area contributed by atoms with Crippen LogP contribution in [0.4, 0.5) is 0 Å². The van der Waals surface area contributed by atoms with Crippen LogP contribution in [0, 0.1) is 0 Å². The minimum atomic E-state index is -4.20. The number of carboxylic acid groups (broad SMARTS) is 2. The molecule has 2 aromatic heterocycles. The van der Waals surface area contributed by atoms with Gasteiger partial charge in [-0.05, 0) is 0 Å². The molecular formula is C8H6N4O6S. The second-order valence-corrected chi connectivity index (χ2v) is 4.96. The highest BCUT2D eigenvalue weighted by Gasteiger charge is 2.23. The van der Waals surface area contributed by atoms with Gasteiger partial charge in [0.1, 0.15) is 4.90 Å². The summed E-state index contributed by atoms with van der Waals surface area (Å²) in [6.07, 6.45) is 0.801. The summed E-state index contributed by atoms with van der Waals surface area (Å²) in [5.74, 6) is -2.99. The highest BCUT2D eigenvalue weighted by Crippen LogP contribution is 2.16. The molecule has 0 aliphatic heterocycles. The van der Waals surface area contributed by atoms with Crippen molar-refractivity contribution in [3.63, 3.8) is 0 Å². The molecule has 2 aromatic rings. The van der Waals surface area contributed by atoms with Gasteiger partial charge in [0.2, 0.25) is 10.0 Å². The van der Waals surface area contributed by atoms with Crippen LogP contribution in [0.3, 0.4) is 0 Å². The van der Waals surface area contributed by atoms with E-state index in [1.165, 1.54) is 0 Å². The molecule has 2 rings (SSSR count). The Bertz CT molecular complexity index is 808. The number of hydrogen-bond acceptors (Lipinski definition) is 6. The van der Waals surface area contributed by atoms with Gasteiger partial charge in [0.05, 0.1) is 6.20 Å². The van der Waals surface area contributed by atoms with E-state index in [1.54, 1.807) is 0 Å². The first-order valence-corrected chi connectivity index (χ1v) is 6.14. The molecule has 11 heteroatoms. The minimum Gasteiger partial charge on any atom is -0.477 e. The highest BCUT2D eigenvalue weighted by molar-refractivity contribution is 7.89. The Morgan fingerprint density at radius 3 is 2.37 bits per heavy atom. The molecule has 2 heterocycles. The van der Waals surface area contributed by atoms with Crippen molar-refractivity contribution in [1.82, 2.24) is 14.6 Å². The largest absolute Gasteiger partial charge is 0.477 e. The van der Waals surface area contributed by atoms with Crippen LogP contribution in [0.5, 0.6) is 0 Å². The molecule has 0 aromatic carbocycles. The van der Waals surface area contributed by atoms with Crippen molar-refractivity contribution in [2.24, 2.45) is 5.14 Å². The smallest absolute Gasteiger partial charge is 0.354 e. The average Bonchev–Trinajstić information content (AvgIpc) is 2.69. The Hall–Kier alpha value is -2.53. The van der Waals surface area contributed by atoms with Crippen LogP contribution in [0.25, 0.3) is 5.65 Å². The summed E-state index contributed by atoms with van der Waals surface area (Å²) < 4.78 is 23.2. The quantitative estimate of drug-likeness (QED) is 0.631. The fourth-order valence-corrected chi connectivity index (χ4v) is 1.99. The number of fused-ring (bicyclic) bond motifs is 1. The average molecular weight is 286 g/mol. The van der Waals surface area contributed by atoms with Gasteiger partial charge in [-0.2, -0.15) is 5.10 Å². The minimum absolute atomic E-state index is 0.459. The van der Waals surface area contributed by atoms with Gasteiger partial charge in [-0.25, -0.2) is 32.6 Å². The number of carbonyl (C=O) groups is 2. The molecule has 19 heavy (non-hydrogen) atoms. The van der Waals surface area contributed by atoms with Gasteiger partial charge in [0.25, 0.3) is 0 Å². The summed E-state index contributed by atoms with van der Waals surface area (Å²) in [5.41, 5.74) is -1.63. The number of rotatable bonds is 3. The normalized spacial score (nSPS) is 11.6. The predicted molar refractivity (Wildman–Crippen MR) is 58.3 cm³/mol. The van der Waals surface area contributed by atoms with Crippen LogP contribution < -0.4 is 5.14 Å². The van der Waals surface area contributed by atoms with Gasteiger partial charge in [-0.1, -0.05) is 0 Å². The maximum atomic E-state index is 11.3. The van der Waals surface area contributed by atoms with Crippen molar-refractivity contribution < 1.29 is 28.2 Å². The molecule has 0 atom stereocenters. The third kappa shape index (κ3) is 2.11. The van der Waals surface area contributed by atoms with E-state index >= 15 is 0 Å². The lowest BCUT2D eigenvalue weighted by Gasteiger charge is -2.02. The van der Waals surface area contributed by atoms with Crippen LogP contribution in [0.1, 0.15) is 21.0 Å². The molecule has 4 N–H and O–H groups in total. The number of aromatic nitrogens is 3. The Labute approximate surface area is 105 Å². The van der Waals surface area contributed by atoms with Crippen LogP contribution >= 0.6 is 0 Å². The molecule has 0 bridgehead atoms. The van der Waals surface area contributed by atoms with E-state index in [2.05, 4.69) is 10.1 Å². The van der Waals surface area contributed by atoms with Gasteiger partial charge in [-0.3, -0.25) is 0 Å². The lowest BCUT2D eigenvalue weighted by Crippen LogP contribution is -2.15. The van der Waals surface area contributed by atoms with E-state index < -0.39 is 43.9 Å². The number of sulfonamides is 1. The summed E-state index contributed by atoms with van der Waals surface area (Å²) in [6.45, 7) is 0. The molecule has 0 fully saturated rings. The van der Waals surface area contributed by atoms with Crippen molar-refractivity contribution >= 4 is 27.6 Å². The molecular weight excluding hydrogens is 280 g/mol. The van der Waals surface area contributed by atoms with Crippen molar-refractivity contribution in [2.45, 2.75) is 4.90 Å². The van der Waals surface area contributed by atoms with Gasteiger partial charge in [0, 0.05) is 6.07 Å². The van der Waals surface area contributed by atoms with E-state index in [-0.39, 0.29) is 0 Å². The Morgan fingerprint density at radius 1 is 1.26 bits per heavy atom. The third-order valence-corrected chi connectivity index (χ3v) is 3.09. The SMILES string of the molecule is NS(=O)(=O)c1cnn2c(C(=O)O)cc(C(=O)O)nc12. The fourth-order valence-electron chi connectivity index (χ4n) is 1.41. The van der Waals surface area contributed by atoms with Crippen molar-refractivity contribution in [3.05, 3.63) is 23.7 Å². The molecule has 0 aliphatic carbocycles. The number of carboxylic acids is 2. The first kappa shape index (κ1) is 12.9. The number of nitrogens with zero attached hydrogens (tertiary/aromatic N) is 3. The van der Waals surface area contributed by atoms with Gasteiger partial charge in [-0.15, -0.1) is 0 Å². The topological polar surface area (TPSA) is 165 Å². The standard InChI is InChI=1S/C8H6N4O6S/c9-19(17,18)5-2-10-12-4(8(15)16)1-3(7(13)14)11-6(5)12/h1-2H,(H,13,14)(H,15,16)(H2,9,17,18). The van der Waals surface area contributed by atoms with E-state index in [1.807, 2.05) is 0 Å². The third-order valence-electron chi connectivity index (χ3n) is 2.18. The second kappa shape index (κ2) is 4.00. The van der Waals surface area contributed by atoms with Gasteiger partial charge in [0.15, 0.2) is 17.0 Å². The van der Waals surface area contributed by atoms with E-state index in [0.29, 0.717) is 4.52 Å². The lowest BCUT2D eigenvalue weighted by atomic mass is 10.3. The molecule has 100 valence electrons. The molecule has 0 aliphatic rings. The highest BCUT2D eigenvalue weighted by atomic mass is 32.2. The second-order valence-electron chi connectivity index (χ2n) is 3.43. The molecule has 10 nitrogen and oxygen atoms in total. The number of primary sulfonamides is 1. The predicted octanol–water partition coefficient (Wildman–Crippen LogP) is -1.23. The maximum absolute atomic E-state index is 11.3. The summed E-state index contributed by atoms with van der Waals surface area (Å²) in [7, 11) is -4.20. The lowest BCUT2D eigenvalue weighted by molar-refractivity contribution is 0.0686. The zero-order valence-corrected chi connectivity index (χ0v) is 9.83. The Balaban J connectivity index is 2.95. The first-order valence-electron chi connectivity index (χ1n) is 4.60. The first-order chi connectivity index (χ1) is 8.71. The van der Waals surface area contributed by atoms with E-state index in [4.69, 9.17) is 15.4 Å². The summed E-state index contributed by atoms with van der Waals surface area (Å²) in [6, 6.07) is 0.761. The van der Waals surface area contributed by atoms with E-state index in [0.717, 1.165) is 12.3 Å². The number of hydrogen-bond donors (Lipinski definition) is 3.